The Labute approximate surface area is 120 Å². The lowest BCUT2D eigenvalue weighted by Gasteiger charge is -2.06. The zero-order valence-electron chi connectivity index (χ0n) is 9.49. The maximum Gasteiger partial charge on any atom is 0.0935 e. The van der Waals surface area contributed by atoms with Crippen LogP contribution in [0.1, 0.15) is 5.69 Å². The topological polar surface area (TPSA) is 29.3 Å². The summed E-state index contributed by atoms with van der Waals surface area (Å²) in [4.78, 5) is 0. The maximum absolute atomic E-state index is 6.02. The van der Waals surface area contributed by atoms with E-state index in [4.69, 9.17) is 34.8 Å². The molecule has 0 bridgehead atoms. The van der Waals surface area contributed by atoms with E-state index in [0.29, 0.717) is 20.8 Å². The minimum atomic E-state index is 0.427. The number of hydrazone groups is 1. The number of rotatable bonds is 3. The standard InChI is InChI=1S/C12H10Cl3N3/c1-18-4-2-3-9(18)7-16-17-12-10(14)5-8(13)6-11(12)15/h2-7,17H,1H3. The van der Waals surface area contributed by atoms with Gasteiger partial charge in [-0.05, 0) is 24.3 Å². The van der Waals surface area contributed by atoms with Crippen LogP contribution < -0.4 is 5.43 Å². The molecule has 18 heavy (non-hydrogen) atoms. The van der Waals surface area contributed by atoms with Gasteiger partial charge < -0.3 is 4.57 Å². The molecule has 1 aromatic heterocycles. The quantitative estimate of drug-likeness (QED) is 0.659. The molecule has 3 nitrogen and oxygen atoms in total. The van der Waals surface area contributed by atoms with E-state index in [-0.39, 0.29) is 0 Å². The first kappa shape index (κ1) is 13.3. The van der Waals surface area contributed by atoms with E-state index in [9.17, 15) is 0 Å². The van der Waals surface area contributed by atoms with Crippen LogP contribution in [0.25, 0.3) is 0 Å². The van der Waals surface area contributed by atoms with Crippen molar-refractivity contribution in [3.05, 3.63) is 51.2 Å². The zero-order chi connectivity index (χ0) is 13.1. The summed E-state index contributed by atoms with van der Waals surface area (Å²) in [5.74, 6) is 0. The largest absolute Gasteiger partial charge is 0.350 e. The van der Waals surface area contributed by atoms with Crippen LogP contribution in [-0.2, 0) is 7.05 Å². The first-order valence-electron chi connectivity index (χ1n) is 5.13. The highest BCUT2D eigenvalue weighted by atomic mass is 35.5. The molecule has 2 rings (SSSR count). The second-order valence-corrected chi connectivity index (χ2v) is 4.91. The van der Waals surface area contributed by atoms with Crippen LogP contribution in [0.4, 0.5) is 5.69 Å². The zero-order valence-corrected chi connectivity index (χ0v) is 11.8. The highest BCUT2D eigenvalue weighted by molar-refractivity contribution is 6.41. The minimum Gasteiger partial charge on any atom is -0.350 e. The fraction of sp³-hybridized carbons (Fsp3) is 0.0833. The normalized spacial score (nSPS) is 11.1. The van der Waals surface area contributed by atoms with Crippen LogP contribution in [-0.4, -0.2) is 10.8 Å². The molecule has 0 aliphatic rings. The van der Waals surface area contributed by atoms with Gasteiger partial charge in [0.05, 0.1) is 27.6 Å². The Morgan fingerprint density at radius 2 is 1.89 bits per heavy atom. The smallest absolute Gasteiger partial charge is 0.0935 e. The SMILES string of the molecule is Cn1cccc1C=NNc1c(Cl)cc(Cl)cc1Cl. The van der Waals surface area contributed by atoms with Gasteiger partial charge in [-0.3, -0.25) is 5.43 Å². The van der Waals surface area contributed by atoms with Crippen molar-refractivity contribution >= 4 is 46.7 Å². The Balaban J connectivity index is 2.16. The monoisotopic (exact) mass is 301 g/mol. The molecule has 0 amide bonds. The molecule has 0 spiro atoms. The van der Waals surface area contributed by atoms with Crippen LogP contribution in [0.5, 0.6) is 0 Å². The summed E-state index contributed by atoms with van der Waals surface area (Å²) in [5, 5.41) is 5.43. The molecule has 0 aliphatic carbocycles. The van der Waals surface area contributed by atoms with Crippen molar-refractivity contribution in [3.8, 4) is 0 Å². The number of nitrogens with zero attached hydrogens (tertiary/aromatic N) is 2. The van der Waals surface area contributed by atoms with Crippen molar-refractivity contribution < 1.29 is 0 Å². The minimum absolute atomic E-state index is 0.427. The molecule has 6 heteroatoms. The summed E-state index contributed by atoms with van der Waals surface area (Å²) in [6.07, 6.45) is 3.62. The van der Waals surface area contributed by atoms with Gasteiger partial charge in [0, 0.05) is 18.3 Å². The Bertz CT molecular complexity index is 567. The predicted molar refractivity (Wildman–Crippen MR) is 78.1 cm³/mol. The van der Waals surface area contributed by atoms with E-state index in [1.54, 1.807) is 18.3 Å². The van der Waals surface area contributed by atoms with Gasteiger partial charge >= 0.3 is 0 Å². The van der Waals surface area contributed by atoms with Crippen molar-refractivity contribution in [3.63, 3.8) is 0 Å². The van der Waals surface area contributed by atoms with E-state index in [2.05, 4.69) is 10.5 Å². The third kappa shape index (κ3) is 2.99. The number of hydrogen-bond donors (Lipinski definition) is 1. The van der Waals surface area contributed by atoms with E-state index in [1.165, 1.54) is 0 Å². The molecule has 0 saturated heterocycles. The Morgan fingerprint density at radius 3 is 2.44 bits per heavy atom. The molecule has 0 atom stereocenters. The first-order chi connectivity index (χ1) is 8.58. The Kier molecular flexibility index (Phi) is 4.17. The van der Waals surface area contributed by atoms with Crippen molar-refractivity contribution in [2.75, 3.05) is 5.43 Å². The molecule has 2 aromatic rings. The molecule has 1 N–H and O–H groups in total. The van der Waals surface area contributed by atoms with Crippen molar-refractivity contribution in [2.24, 2.45) is 12.1 Å². The Morgan fingerprint density at radius 1 is 1.22 bits per heavy atom. The van der Waals surface area contributed by atoms with Crippen LogP contribution in [0, 0.1) is 0 Å². The Hall–Kier alpha value is -1.16. The van der Waals surface area contributed by atoms with Gasteiger partial charge in [0.25, 0.3) is 0 Å². The summed E-state index contributed by atoms with van der Waals surface area (Å²) in [6.45, 7) is 0. The lowest BCUT2D eigenvalue weighted by molar-refractivity contribution is 0.918. The van der Waals surface area contributed by atoms with Gasteiger partial charge in [-0.2, -0.15) is 5.10 Å². The number of hydrogen-bond acceptors (Lipinski definition) is 2. The summed E-state index contributed by atoms with van der Waals surface area (Å²) < 4.78 is 1.94. The highest BCUT2D eigenvalue weighted by Gasteiger charge is 2.06. The van der Waals surface area contributed by atoms with Gasteiger partial charge in [0.1, 0.15) is 0 Å². The molecular formula is C12H10Cl3N3. The summed E-state index contributed by atoms with van der Waals surface area (Å²) in [6, 6.07) is 7.09. The van der Waals surface area contributed by atoms with Crippen molar-refractivity contribution in [1.82, 2.24) is 4.57 Å². The van der Waals surface area contributed by atoms with Crippen LogP contribution in [0.2, 0.25) is 15.1 Å². The molecule has 1 aromatic carbocycles. The van der Waals surface area contributed by atoms with Gasteiger partial charge in [-0.15, -0.1) is 0 Å². The second-order valence-electron chi connectivity index (χ2n) is 3.66. The van der Waals surface area contributed by atoms with E-state index in [0.717, 1.165) is 5.69 Å². The summed E-state index contributed by atoms with van der Waals surface area (Å²) in [5.41, 5.74) is 4.30. The molecule has 0 radical (unpaired) electrons. The summed E-state index contributed by atoms with van der Waals surface area (Å²) in [7, 11) is 1.93. The number of anilines is 1. The lowest BCUT2D eigenvalue weighted by atomic mass is 10.3. The number of halogens is 3. The number of benzene rings is 1. The van der Waals surface area contributed by atoms with Crippen molar-refractivity contribution in [1.29, 1.82) is 0 Å². The molecule has 94 valence electrons. The second kappa shape index (κ2) is 5.65. The number of aromatic nitrogens is 1. The van der Waals surface area contributed by atoms with Gasteiger partial charge in [0.2, 0.25) is 0 Å². The molecular weight excluding hydrogens is 293 g/mol. The van der Waals surface area contributed by atoms with Gasteiger partial charge in [0.15, 0.2) is 0 Å². The predicted octanol–water partition coefficient (Wildman–Crippen LogP) is 4.43. The molecule has 0 saturated carbocycles. The average molecular weight is 303 g/mol. The number of nitrogens with one attached hydrogen (secondary N) is 1. The van der Waals surface area contributed by atoms with Gasteiger partial charge in [-0.1, -0.05) is 34.8 Å². The maximum atomic E-state index is 6.02. The van der Waals surface area contributed by atoms with Gasteiger partial charge in [-0.25, -0.2) is 0 Å². The third-order valence-electron chi connectivity index (χ3n) is 2.36. The fourth-order valence-corrected chi connectivity index (χ4v) is 2.32. The fourth-order valence-electron chi connectivity index (χ4n) is 1.42. The third-order valence-corrected chi connectivity index (χ3v) is 3.18. The molecule has 0 fully saturated rings. The van der Waals surface area contributed by atoms with E-state index < -0.39 is 0 Å². The lowest BCUT2D eigenvalue weighted by Crippen LogP contribution is -1.96. The highest BCUT2D eigenvalue weighted by Crippen LogP contribution is 2.33. The molecule has 1 heterocycles. The van der Waals surface area contributed by atoms with Crippen LogP contribution in [0.3, 0.4) is 0 Å². The van der Waals surface area contributed by atoms with Crippen molar-refractivity contribution in [2.45, 2.75) is 0 Å². The molecule has 0 aliphatic heterocycles. The van der Waals surface area contributed by atoms with E-state index >= 15 is 0 Å². The number of aryl methyl sites for hydroxylation is 1. The van der Waals surface area contributed by atoms with Crippen LogP contribution >= 0.6 is 34.8 Å². The first-order valence-corrected chi connectivity index (χ1v) is 6.26. The van der Waals surface area contributed by atoms with Crippen LogP contribution in [0.15, 0.2) is 35.6 Å². The summed E-state index contributed by atoms with van der Waals surface area (Å²) >= 11 is 17.9. The van der Waals surface area contributed by atoms with E-state index in [1.807, 2.05) is 29.9 Å². The molecule has 0 unspecified atom stereocenters. The average Bonchev–Trinajstić information content (AvgIpc) is 2.68.